The Hall–Kier alpha value is -1.79. The van der Waals surface area contributed by atoms with Crippen molar-refractivity contribution in [3.63, 3.8) is 0 Å². The van der Waals surface area contributed by atoms with Gasteiger partial charge in [0.2, 0.25) is 11.8 Å². The van der Waals surface area contributed by atoms with Gasteiger partial charge in [-0.1, -0.05) is 11.6 Å². The number of halogens is 1. The van der Waals surface area contributed by atoms with Crippen molar-refractivity contribution in [2.75, 3.05) is 45.7 Å². The smallest absolute Gasteiger partial charge is 0.240 e. The van der Waals surface area contributed by atoms with Crippen molar-refractivity contribution in [3.05, 3.63) is 23.2 Å². The first-order valence-corrected chi connectivity index (χ1v) is 7.26. The second-order valence-corrected chi connectivity index (χ2v) is 5.51. The van der Waals surface area contributed by atoms with E-state index in [9.17, 15) is 9.59 Å². The van der Waals surface area contributed by atoms with Crippen molar-refractivity contribution >= 4 is 29.1 Å². The van der Waals surface area contributed by atoms with E-state index in [1.807, 2.05) is 19.0 Å². The molecule has 1 aromatic rings. The number of amides is 2. The number of nitrogens with one attached hydrogen (secondary N) is 1. The molecule has 122 valence electrons. The van der Waals surface area contributed by atoms with Gasteiger partial charge in [0.1, 0.15) is 12.3 Å². The van der Waals surface area contributed by atoms with Gasteiger partial charge in [-0.05, 0) is 32.3 Å². The van der Waals surface area contributed by atoms with Crippen molar-refractivity contribution in [2.45, 2.75) is 6.92 Å². The molecule has 0 saturated heterocycles. The number of nitrogens with zero attached hydrogens (tertiary/aromatic N) is 2. The van der Waals surface area contributed by atoms with Gasteiger partial charge in [-0.3, -0.25) is 14.5 Å². The number of hydrogen-bond donors (Lipinski definition) is 1. The monoisotopic (exact) mass is 327 g/mol. The van der Waals surface area contributed by atoms with E-state index in [4.69, 9.17) is 16.3 Å². The van der Waals surface area contributed by atoms with Crippen molar-refractivity contribution in [1.82, 2.24) is 10.2 Å². The van der Waals surface area contributed by atoms with Gasteiger partial charge in [0, 0.05) is 25.0 Å². The fraction of sp³-hybridized carbons (Fsp3) is 0.467. The third-order valence-corrected chi connectivity index (χ3v) is 3.23. The number of carbonyl (C=O) groups is 2. The van der Waals surface area contributed by atoms with Crippen molar-refractivity contribution in [3.8, 4) is 5.75 Å². The number of methoxy groups -OCH3 is 1. The summed E-state index contributed by atoms with van der Waals surface area (Å²) in [6, 6.07) is 4.94. The van der Waals surface area contributed by atoms with Crippen molar-refractivity contribution < 1.29 is 14.3 Å². The maximum absolute atomic E-state index is 12.0. The second kappa shape index (κ2) is 8.60. The molecule has 1 rings (SSSR count). The topological polar surface area (TPSA) is 61.9 Å². The van der Waals surface area contributed by atoms with E-state index in [0.29, 0.717) is 23.0 Å². The van der Waals surface area contributed by atoms with E-state index in [0.717, 1.165) is 6.54 Å². The Morgan fingerprint density at radius 1 is 1.32 bits per heavy atom. The van der Waals surface area contributed by atoms with Crippen LogP contribution in [-0.2, 0) is 9.59 Å². The first-order chi connectivity index (χ1) is 10.3. The summed E-state index contributed by atoms with van der Waals surface area (Å²) in [5.41, 5.74) is 0.477. The number of ether oxygens (including phenoxy) is 1. The molecule has 7 heteroatoms. The van der Waals surface area contributed by atoms with E-state index < -0.39 is 0 Å². The lowest BCUT2D eigenvalue weighted by Gasteiger charge is -2.23. The highest BCUT2D eigenvalue weighted by atomic mass is 35.5. The van der Waals surface area contributed by atoms with Crippen LogP contribution in [0, 0.1) is 0 Å². The molecule has 0 aliphatic heterocycles. The number of hydrogen-bond acceptors (Lipinski definition) is 4. The fourth-order valence-corrected chi connectivity index (χ4v) is 2.02. The molecule has 0 fully saturated rings. The van der Waals surface area contributed by atoms with Crippen LogP contribution in [0.1, 0.15) is 6.92 Å². The summed E-state index contributed by atoms with van der Waals surface area (Å²) in [5, 5.41) is 3.24. The molecule has 0 aliphatic rings. The molecule has 0 atom stereocenters. The molecular weight excluding hydrogens is 306 g/mol. The van der Waals surface area contributed by atoms with Gasteiger partial charge in [-0.25, -0.2) is 0 Å². The van der Waals surface area contributed by atoms with Gasteiger partial charge in [-0.15, -0.1) is 0 Å². The first kappa shape index (κ1) is 18.3. The number of likely N-dealkylation sites (N-methyl/N-ethyl adjacent to an activating group) is 1. The number of rotatable bonds is 7. The Labute approximate surface area is 136 Å². The van der Waals surface area contributed by atoms with Crippen LogP contribution in [0.3, 0.4) is 0 Å². The maximum Gasteiger partial charge on any atom is 0.240 e. The zero-order valence-electron chi connectivity index (χ0n) is 13.4. The molecule has 1 N–H and O–H groups in total. The Morgan fingerprint density at radius 3 is 2.55 bits per heavy atom. The molecule has 0 saturated carbocycles. The van der Waals surface area contributed by atoms with Crippen LogP contribution in [-0.4, -0.2) is 57.6 Å². The third kappa shape index (κ3) is 5.54. The molecule has 0 bridgehead atoms. The molecular formula is C15H22ClN3O3. The standard InChI is InChI=1S/C15H22ClN3O3/c1-11(20)19(10-15(21)17-7-8-18(2)3)13-9-12(16)5-6-14(13)22-4/h5-6,9H,7-8,10H2,1-4H3,(H,17,21). The predicted molar refractivity (Wildman–Crippen MR) is 87.6 cm³/mol. The van der Waals surface area contributed by atoms with Crippen molar-refractivity contribution in [2.24, 2.45) is 0 Å². The Bertz CT molecular complexity index is 535. The summed E-state index contributed by atoms with van der Waals surface area (Å²) in [6.07, 6.45) is 0. The SMILES string of the molecule is COc1ccc(Cl)cc1N(CC(=O)NCCN(C)C)C(C)=O. The number of anilines is 1. The lowest BCUT2D eigenvalue weighted by molar-refractivity contribution is -0.123. The molecule has 0 heterocycles. The summed E-state index contributed by atoms with van der Waals surface area (Å²) in [5.74, 6) is -0.0110. The van der Waals surface area contributed by atoms with Crippen LogP contribution in [0.25, 0.3) is 0 Å². The van der Waals surface area contributed by atoms with E-state index in [2.05, 4.69) is 5.32 Å². The number of benzene rings is 1. The Kier molecular flexibility index (Phi) is 7.14. The van der Waals surface area contributed by atoms with Gasteiger partial charge >= 0.3 is 0 Å². The lowest BCUT2D eigenvalue weighted by atomic mass is 10.2. The van der Waals surface area contributed by atoms with E-state index in [1.54, 1.807) is 18.2 Å². The van der Waals surface area contributed by atoms with E-state index in [1.165, 1.54) is 18.9 Å². The first-order valence-electron chi connectivity index (χ1n) is 6.88. The normalized spacial score (nSPS) is 10.5. The van der Waals surface area contributed by atoms with Gasteiger partial charge in [-0.2, -0.15) is 0 Å². The van der Waals surface area contributed by atoms with Crippen LogP contribution in [0.2, 0.25) is 5.02 Å². The van der Waals surface area contributed by atoms with E-state index >= 15 is 0 Å². The Morgan fingerprint density at radius 2 is 2.00 bits per heavy atom. The summed E-state index contributed by atoms with van der Waals surface area (Å²) in [6.45, 7) is 2.56. The summed E-state index contributed by atoms with van der Waals surface area (Å²) >= 11 is 5.98. The minimum atomic E-state index is -0.261. The zero-order valence-corrected chi connectivity index (χ0v) is 14.1. The predicted octanol–water partition coefficient (Wildman–Crippen LogP) is 1.38. The largest absolute Gasteiger partial charge is 0.495 e. The lowest BCUT2D eigenvalue weighted by Crippen LogP contribution is -2.41. The average molecular weight is 328 g/mol. The quantitative estimate of drug-likeness (QED) is 0.822. The van der Waals surface area contributed by atoms with Crippen LogP contribution < -0.4 is 15.0 Å². The molecule has 2 amide bonds. The molecule has 6 nitrogen and oxygen atoms in total. The highest BCUT2D eigenvalue weighted by molar-refractivity contribution is 6.31. The fourth-order valence-electron chi connectivity index (χ4n) is 1.86. The molecule has 1 aromatic carbocycles. The molecule has 0 aliphatic carbocycles. The highest BCUT2D eigenvalue weighted by Gasteiger charge is 2.19. The van der Waals surface area contributed by atoms with Crippen LogP contribution in [0.15, 0.2) is 18.2 Å². The molecule has 0 spiro atoms. The minimum Gasteiger partial charge on any atom is -0.495 e. The van der Waals surface area contributed by atoms with Crippen LogP contribution >= 0.6 is 11.6 Å². The summed E-state index contributed by atoms with van der Waals surface area (Å²) in [7, 11) is 5.35. The van der Waals surface area contributed by atoms with Crippen LogP contribution in [0.5, 0.6) is 5.75 Å². The molecule has 22 heavy (non-hydrogen) atoms. The Balaban J connectivity index is 2.84. The summed E-state index contributed by atoms with van der Waals surface area (Å²) < 4.78 is 5.23. The third-order valence-electron chi connectivity index (χ3n) is 2.99. The van der Waals surface area contributed by atoms with Gasteiger partial charge < -0.3 is 15.0 Å². The second-order valence-electron chi connectivity index (χ2n) is 5.07. The van der Waals surface area contributed by atoms with Gasteiger partial charge in [0.15, 0.2) is 0 Å². The van der Waals surface area contributed by atoms with Crippen LogP contribution in [0.4, 0.5) is 5.69 Å². The number of carbonyl (C=O) groups excluding carboxylic acids is 2. The van der Waals surface area contributed by atoms with E-state index in [-0.39, 0.29) is 18.4 Å². The zero-order chi connectivity index (χ0) is 16.7. The van der Waals surface area contributed by atoms with Crippen molar-refractivity contribution in [1.29, 1.82) is 0 Å². The maximum atomic E-state index is 12.0. The molecule has 0 unspecified atom stereocenters. The minimum absolute atomic E-state index is 0.0839. The molecule has 0 radical (unpaired) electrons. The average Bonchev–Trinajstić information content (AvgIpc) is 2.44. The van der Waals surface area contributed by atoms with Gasteiger partial charge in [0.05, 0.1) is 12.8 Å². The van der Waals surface area contributed by atoms with Gasteiger partial charge in [0.25, 0.3) is 0 Å². The summed E-state index contributed by atoms with van der Waals surface area (Å²) in [4.78, 5) is 27.2. The highest BCUT2D eigenvalue weighted by Crippen LogP contribution is 2.31. The molecule has 0 aromatic heterocycles.